The minimum Gasteiger partial charge on any atom is -0.271 e. The van der Waals surface area contributed by atoms with Crippen LogP contribution in [-0.4, -0.2) is 16.2 Å². The molecular formula is C12H14N4S. The van der Waals surface area contributed by atoms with Crippen LogP contribution in [0.2, 0.25) is 0 Å². The second kappa shape index (κ2) is 5.77. The molecule has 88 valence electrons. The Hall–Kier alpha value is -1.43. The summed E-state index contributed by atoms with van der Waals surface area (Å²) in [7, 11) is 0. The van der Waals surface area contributed by atoms with Crippen LogP contribution in [0.3, 0.4) is 0 Å². The lowest BCUT2D eigenvalue weighted by atomic mass is 10.1. The molecule has 0 bridgehead atoms. The van der Waals surface area contributed by atoms with Crippen LogP contribution in [-0.2, 0) is 0 Å². The largest absolute Gasteiger partial charge is 0.271 e. The van der Waals surface area contributed by atoms with Gasteiger partial charge in [-0.1, -0.05) is 12.1 Å². The average Bonchev–Trinajstić information content (AvgIpc) is 2.42. The average molecular weight is 246 g/mol. The van der Waals surface area contributed by atoms with E-state index in [1.165, 1.54) is 4.90 Å². The molecule has 17 heavy (non-hydrogen) atoms. The van der Waals surface area contributed by atoms with E-state index in [9.17, 15) is 0 Å². The Morgan fingerprint density at radius 2 is 2.00 bits per heavy atom. The fourth-order valence-corrected chi connectivity index (χ4v) is 2.02. The number of nitrogens with zero attached hydrogens (tertiary/aromatic N) is 2. The topological polar surface area (TPSA) is 63.8 Å². The van der Waals surface area contributed by atoms with Crippen molar-refractivity contribution in [3.63, 3.8) is 0 Å². The number of aromatic nitrogens is 2. The van der Waals surface area contributed by atoms with Crippen LogP contribution in [0.1, 0.15) is 17.3 Å². The Balaban J connectivity index is 2.29. The fourth-order valence-electron chi connectivity index (χ4n) is 1.61. The standard InChI is InChI=1S/C12H14N4S/c1-17-10-4-2-9(3-5-10)12(16-13)11-8-14-6-7-15-11/h2-8,12,16H,13H2,1H3. The van der Waals surface area contributed by atoms with Gasteiger partial charge in [0.2, 0.25) is 0 Å². The van der Waals surface area contributed by atoms with E-state index in [1.54, 1.807) is 30.4 Å². The third-order valence-corrected chi connectivity index (χ3v) is 3.24. The SMILES string of the molecule is CSc1ccc(C(NN)c2cnccn2)cc1. The Kier molecular flexibility index (Phi) is 4.08. The maximum absolute atomic E-state index is 5.58. The van der Waals surface area contributed by atoms with Gasteiger partial charge in [0.05, 0.1) is 17.9 Å². The Morgan fingerprint density at radius 3 is 2.53 bits per heavy atom. The zero-order chi connectivity index (χ0) is 12.1. The Labute approximate surface area is 105 Å². The van der Waals surface area contributed by atoms with E-state index >= 15 is 0 Å². The second-order valence-electron chi connectivity index (χ2n) is 3.50. The number of thioether (sulfide) groups is 1. The molecule has 0 aliphatic rings. The lowest BCUT2D eigenvalue weighted by molar-refractivity contribution is 0.617. The minimum absolute atomic E-state index is 0.125. The molecule has 0 aliphatic carbocycles. The molecule has 1 aromatic carbocycles. The van der Waals surface area contributed by atoms with Crippen LogP contribution in [0.25, 0.3) is 0 Å². The summed E-state index contributed by atoms with van der Waals surface area (Å²) in [5, 5.41) is 0. The summed E-state index contributed by atoms with van der Waals surface area (Å²) in [6.07, 6.45) is 7.08. The van der Waals surface area contributed by atoms with Gasteiger partial charge in [-0.05, 0) is 24.0 Å². The summed E-state index contributed by atoms with van der Waals surface area (Å²) in [5.74, 6) is 5.58. The predicted molar refractivity (Wildman–Crippen MR) is 69.4 cm³/mol. The first kappa shape index (κ1) is 12.0. The lowest BCUT2D eigenvalue weighted by Gasteiger charge is -2.15. The van der Waals surface area contributed by atoms with Crippen LogP contribution in [0, 0.1) is 0 Å². The maximum atomic E-state index is 5.58. The van der Waals surface area contributed by atoms with Crippen LogP contribution >= 0.6 is 11.8 Å². The van der Waals surface area contributed by atoms with E-state index in [2.05, 4.69) is 33.8 Å². The van der Waals surface area contributed by atoms with Crippen LogP contribution in [0.4, 0.5) is 0 Å². The number of nitrogens with two attached hydrogens (primary N) is 1. The molecule has 0 radical (unpaired) electrons. The summed E-state index contributed by atoms with van der Waals surface area (Å²) in [4.78, 5) is 9.53. The van der Waals surface area contributed by atoms with E-state index < -0.39 is 0 Å². The van der Waals surface area contributed by atoms with Gasteiger partial charge in [-0.3, -0.25) is 15.8 Å². The molecule has 1 atom stereocenters. The summed E-state index contributed by atoms with van der Waals surface area (Å²) in [6, 6.07) is 8.11. The number of hydrogen-bond acceptors (Lipinski definition) is 5. The predicted octanol–water partition coefficient (Wildman–Crippen LogP) is 1.75. The molecule has 0 amide bonds. The van der Waals surface area contributed by atoms with Gasteiger partial charge in [0.15, 0.2) is 0 Å². The fraction of sp³-hybridized carbons (Fsp3) is 0.167. The van der Waals surface area contributed by atoms with Crippen molar-refractivity contribution in [2.45, 2.75) is 10.9 Å². The summed E-state index contributed by atoms with van der Waals surface area (Å²) in [6.45, 7) is 0. The third-order valence-electron chi connectivity index (χ3n) is 2.49. The molecular weight excluding hydrogens is 232 g/mol. The molecule has 5 heteroatoms. The van der Waals surface area contributed by atoms with E-state index in [0.717, 1.165) is 11.3 Å². The molecule has 3 N–H and O–H groups in total. The third kappa shape index (κ3) is 2.82. The van der Waals surface area contributed by atoms with E-state index in [4.69, 9.17) is 5.84 Å². The normalized spacial score (nSPS) is 12.4. The van der Waals surface area contributed by atoms with Gasteiger partial charge in [0, 0.05) is 17.3 Å². The monoisotopic (exact) mass is 246 g/mol. The summed E-state index contributed by atoms with van der Waals surface area (Å²) in [5.41, 5.74) is 4.65. The molecule has 4 nitrogen and oxygen atoms in total. The smallest absolute Gasteiger partial charge is 0.0897 e. The molecule has 0 spiro atoms. The second-order valence-corrected chi connectivity index (χ2v) is 4.38. The van der Waals surface area contributed by atoms with Gasteiger partial charge >= 0.3 is 0 Å². The molecule has 1 unspecified atom stereocenters. The Bertz CT molecular complexity index is 458. The number of rotatable bonds is 4. The first-order chi connectivity index (χ1) is 8.35. The van der Waals surface area contributed by atoms with Gasteiger partial charge in [-0.25, -0.2) is 5.43 Å². The lowest BCUT2D eigenvalue weighted by Crippen LogP contribution is -2.29. The minimum atomic E-state index is -0.125. The summed E-state index contributed by atoms with van der Waals surface area (Å²) < 4.78 is 0. The van der Waals surface area contributed by atoms with Gasteiger partial charge in [0.25, 0.3) is 0 Å². The van der Waals surface area contributed by atoms with Crippen LogP contribution < -0.4 is 11.3 Å². The molecule has 0 saturated heterocycles. The quantitative estimate of drug-likeness (QED) is 0.489. The zero-order valence-corrected chi connectivity index (χ0v) is 10.3. The molecule has 2 rings (SSSR count). The molecule has 2 aromatic rings. The highest BCUT2D eigenvalue weighted by Gasteiger charge is 2.13. The number of nitrogens with one attached hydrogen (secondary N) is 1. The number of hydrogen-bond donors (Lipinski definition) is 2. The van der Waals surface area contributed by atoms with Crippen molar-refractivity contribution < 1.29 is 0 Å². The van der Waals surface area contributed by atoms with Crippen molar-refractivity contribution in [1.82, 2.24) is 15.4 Å². The van der Waals surface area contributed by atoms with Gasteiger partial charge in [-0.2, -0.15) is 0 Å². The van der Waals surface area contributed by atoms with Crippen LogP contribution in [0.5, 0.6) is 0 Å². The number of hydrazine groups is 1. The van der Waals surface area contributed by atoms with Crippen molar-refractivity contribution in [3.05, 3.63) is 54.1 Å². The van der Waals surface area contributed by atoms with Gasteiger partial charge < -0.3 is 0 Å². The first-order valence-electron chi connectivity index (χ1n) is 5.21. The van der Waals surface area contributed by atoms with Gasteiger partial charge in [0.1, 0.15) is 0 Å². The van der Waals surface area contributed by atoms with Crippen molar-refractivity contribution in [2.75, 3.05) is 6.26 Å². The van der Waals surface area contributed by atoms with Crippen LogP contribution in [0.15, 0.2) is 47.8 Å². The molecule has 0 saturated carbocycles. The highest BCUT2D eigenvalue weighted by atomic mass is 32.2. The van der Waals surface area contributed by atoms with Crippen molar-refractivity contribution in [2.24, 2.45) is 5.84 Å². The molecule has 0 fully saturated rings. The maximum Gasteiger partial charge on any atom is 0.0897 e. The van der Waals surface area contributed by atoms with Crippen molar-refractivity contribution in [3.8, 4) is 0 Å². The number of benzene rings is 1. The molecule has 1 heterocycles. The van der Waals surface area contributed by atoms with Crippen molar-refractivity contribution in [1.29, 1.82) is 0 Å². The zero-order valence-electron chi connectivity index (χ0n) is 9.50. The van der Waals surface area contributed by atoms with E-state index in [-0.39, 0.29) is 6.04 Å². The molecule has 0 aliphatic heterocycles. The van der Waals surface area contributed by atoms with E-state index in [1.807, 2.05) is 12.1 Å². The van der Waals surface area contributed by atoms with Gasteiger partial charge in [-0.15, -0.1) is 11.8 Å². The highest BCUT2D eigenvalue weighted by molar-refractivity contribution is 7.98. The van der Waals surface area contributed by atoms with E-state index in [0.29, 0.717) is 0 Å². The molecule has 1 aromatic heterocycles. The van der Waals surface area contributed by atoms with Crippen molar-refractivity contribution >= 4 is 11.8 Å². The Morgan fingerprint density at radius 1 is 1.24 bits per heavy atom. The summed E-state index contributed by atoms with van der Waals surface area (Å²) >= 11 is 1.71. The first-order valence-corrected chi connectivity index (χ1v) is 6.43. The highest BCUT2D eigenvalue weighted by Crippen LogP contribution is 2.22.